The van der Waals surface area contributed by atoms with Crippen molar-refractivity contribution in [3.8, 4) is 0 Å². The molecule has 0 aromatic carbocycles. The minimum Gasteiger partial charge on any atom is -0.361 e. The van der Waals surface area contributed by atoms with Crippen LogP contribution in [0, 0.1) is 6.92 Å². The Morgan fingerprint density at radius 2 is 1.96 bits per heavy atom. The number of piperidine rings is 1. The summed E-state index contributed by atoms with van der Waals surface area (Å²) in [4.78, 5) is 30.8. The first kappa shape index (κ1) is 17.0. The fourth-order valence-electron chi connectivity index (χ4n) is 3.49. The average molecular weight is 334 g/mol. The molecule has 1 atom stereocenters. The molecule has 3 rings (SSSR count). The van der Waals surface area contributed by atoms with Crippen LogP contribution in [0.3, 0.4) is 0 Å². The summed E-state index contributed by atoms with van der Waals surface area (Å²) < 4.78 is 4.97. The maximum Gasteiger partial charge on any atom is 0.276 e. The molecule has 3 heterocycles. The Hall–Kier alpha value is -1.89. The highest BCUT2D eigenvalue weighted by Crippen LogP contribution is 2.17. The lowest BCUT2D eigenvalue weighted by Gasteiger charge is -2.37. The molecule has 1 unspecified atom stereocenters. The van der Waals surface area contributed by atoms with E-state index in [1.807, 2.05) is 4.90 Å². The summed E-state index contributed by atoms with van der Waals surface area (Å²) in [5.41, 5.74) is 0.360. The molecule has 1 aromatic heterocycles. The first-order valence-electron chi connectivity index (χ1n) is 8.79. The van der Waals surface area contributed by atoms with E-state index in [0.717, 1.165) is 32.5 Å². The molecule has 2 aliphatic heterocycles. The van der Waals surface area contributed by atoms with Crippen LogP contribution in [-0.2, 0) is 4.79 Å². The van der Waals surface area contributed by atoms with Crippen molar-refractivity contribution in [2.75, 3.05) is 39.3 Å². The monoisotopic (exact) mass is 334 g/mol. The number of piperazine rings is 1. The van der Waals surface area contributed by atoms with Gasteiger partial charge in [-0.15, -0.1) is 0 Å². The number of rotatable bonds is 3. The van der Waals surface area contributed by atoms with Crippen molar-refractivity contribution >= 4 is 11.8 Å². The fourth-order valence-corrected chi connectivity index (χ4v) is 3.49. The third kappa shape index (κ3) is 3.77. The summed E-state index contributed by atoms with van der Waals surface area (Å²) in [5, 5.41) is 3.79. The van der Waals surface area contributed by atoms with Crippen LogP contribution < -0.4 is 0 Å². The van der Waals surface area contributed by atoms with Gasteiger partial charge in [0.1, 0.15) is 5.76 Å². The van der Waals surface area contributed by atoms with Crippen LogP contribution in [0.1, 0.15) is 42.4 Å². The molecule has 0 saturated carbocycles. The molecular weight excluding hydrogens is 308 g/mol. The van der Waals surface area contributed by atoms with Crippen molar-refractivity contribution in [2.24, 2.45) is 0 Å². The van der Waals surface area contributed by atoms with Gasteiger partial charge >= 0.3 is 0 Å². The van der Waals surface area contributed by atoms with Gasteiger partial charge in [-0.2, -0.15) is 0 Å². The Morgan fingerprint density at radius 1 is 1.21 bits per heavy atom. The molecule has 2 amide bonds. The summed E-state index contributed by atoms with van der Waals surface area (Å²) in [6.07, 6.45) is 3.42. The Bertz CT molecular complexity index is 592. The number of carbonyl (C=O) groups excluding carboxylic acids is 2. The van der Waals surface area contributed by atoms with Gasteiger partial charge in [0.25, 0.3) is 5.91 Å². The maximum atomic E-state index is 12.5. The highest BCUT2D eigenvalue weighted by atomic mass is 16.5. The minimum atomic E-state index is -0.0949. The van der Waals surface area contributed by atoms with E-state index in [9.17, 15) is 9.59 Å². The smallest absolute Gasteiger partial charge is 0.276 e. The Labute approximate surface area is 142 Å². The molecule has 7 heteroatoms. The van der Waals surface area contributed by atoms with Gasteiger partial charge in [0, 0.05) is 44.8 Å². The van der Waals surface area contributed by atoms with Crippen LogP contribution in [0.2, 0.25) is 0 Å². The second-order valence-electron chi connectivity index (χ2n) is 6.82. The fraction of sp³-hybridized carbons (Fsp3) is 0.706. The molecule has 1 aromatic rings. The zero-order valence-electron chi connectivity index (χ0n) is 14.5. The van der Waals surface area contributed by atoms with E-state index in [4.69, 9.17) is 4.52 Å². The topological polar surface area (TPSA) is 69.9 Å². The van der Waals surface area contributed by atoms with Gasteiger partial charge in [0.2, 0.25) is 5.91 Å². The number of amides is 2. The van der Waals surface area contributed by atoms with Crippen molar-refractivity contribution in [3.63, 3.8) is 0 Å². The predicted octanol–water partition coefficient (Wildman–Crippen LogP) is 1.14. The number of carbonyl (C=O) groups is 2. The lowest BCUT2D eigenvalue weighted by Crippen LogP contribution is -2.53. The number of hydrogen-bond acceptors (Lipinski definition) is 5. The summed E-state index contributed by atoms with van der Waals surface area (Å²) in [5.74, 6) is 0.759. The highest BCUT2D eigenvalue weighted by molar-refractivity contribution is 5.92. The predicted molar refractivity (Wildman–Crippen MR) is 88.6 cm³/mol. The SMILES string of the molecule is Cc1cc(C(=O)N2CCN(CC(=O)N3CCCCC3C)CC2)no1. The zero-order valence-corrected chi connectivity index (χ0v) is 14.5. The van der Waals surface area contributed by atoms with E-state index in [2.05, 4.69) is 17.0 Å². The quantitative estimate of drug-likeness (QED) is 0.829. The molecule has 7 nitrogen and oxygen atoms in total. The molecule has 0 spiro atoms. The number of nitrogens with zero attached hydrogens (tertiary/aromatic N) is 4. The van der Waals surface area contributed by atoms with Crippen LogP contribution >= 0.6 is 0 Å². The molecule has 2 aliphatic rings. The van der Waals surface area contributed by atoms with E-state index in [1.165, 1.54) is 6.42 Å². The molecule has 24 heavy (non-hydrogen) atoms. The summed E-state index contributed by atoms with van der Waals surface area (Å²) in [7, 11) is 0. The molecule has 0 radical (unpaired) electrons. The second kappa shape index (κ2) is 7.34. The Balaban J connectivity index is 1.48. The van der Waals surface area contributed by atoms with E-state index >= 15 is 0 Å². The highest BCUT2D eigenvalue weighted by Gasteiger charge is 2.28. The van der Waals surface area contributed by atoms with E-state index in [1.54, 1.807) is 17.9 Å². The van der Waals surface area contributed by atoms with Crippen LogP contribution in [0.25, 0.3) is 0 Å². The average Bonchev–Trinajstić information content (AvgIpc) is 3.02. The largest absolute Gasteiger partial charge is 0.361 e. The number of aromatic nitrogens is 1. The molecule has 0 aliphatic carbocycles. The van der Waals surface area contributed by atoms with Crippen LogP contribution in [0.15, 0.2) is 10.6 Å². The van der Waals surface area contributed by atoms with Crippen LogP contribution in [-0.4, -0.2) is 77.0 Å². The van der Waals surface area contributed by atoms with Crippen molar-refractivity contribution < 1.29 is 14.1 Å². The normalized spacial score (nSPS) is 22.7. The summed E-state index contributed by atoms with van der Waals surface area (Å²) in [6.45, 7) is 7.91. The lowest BCUT2D eigenvalue weighted by molar-refractivity contribution is -0.136. The summed E-state index contributed by atoms with van der Waals surface area (Å²) >= 11 is 0. The molecule has 0 N–H and O–H groups in total. The van der Waals surface area contributed by atoms with Crippen LogP contribution in [0.5, 0.6) is 0 Å². The van der Waals surface area contributed by atoms with Crippen molar-refractivity contribution in [1.82, 2.24) is 19.9 Å². The first-order chi connectivity index (χ1) is 11.5. The molecule has 132 valence electrons. The number of likely N-dealkylation sites (tertiary alicyclic amines) is 1. The Morgan fingerprint density at radius 3 is 2.58 bits per heavy atom. The third-order valence-corrected chi connectivity index (χ3v) is 4.99. The van der Waals surface area contributed by atoms with Gasteiger partial charge in [0.05, 0.1) is 6.54 Å². The van der Waals surface area contributed by atoms with Gasteiger partial charge in [-0.3, -0.25) is 14.5 Å². The summed E-state index contributed by atoms with van der Waals surface area (Å²) in [6, 6.07) is 2.01. The van der Waals surface area contributed by atoms with Crippen molar-refractivity contribution in [2.45, 2.75) is 39.2 Å². The minimum absolute atomic E-state index is 0.0949. The van der Waals surface area contributed by atoms with Gasteiger partial charge in [-0.05, 0) is 33.1 Å². The number of hydrogen-bond donors (Lipinski definition) is 0. The van der Waals surface area contributed by atoms with Gasteiger partial charge in [-0.1, -0.05) is 5.16 Å². The second-order valence-corrected chi connectivity index (χ2v) is 6.82. The van der Waals surface area contributed by atoms with Gasteiger partial charge in [-0.25, -0.2) is 0 Å². The van der Waals surface area contributed by atoms with E-state index in [-0.39, 0.29) is 11.8 Å². The van der Waals surface area contributed by atoms with Crippen molar-refractivity contribution in [1.29, 1.82) is 0 Å². The molecular formula is C17H26N4O3. The van der Waals surface area contributed by atoms with Crippen LogP contribution in [0.4, 0.5) is 0 Å². The van der Waals surface area contributed by atoms with Gasteiger partial charge < -0.3 is 14.3 Å². The Kier molecular flexibility index (Phi) is 5.18. The molecule has 2 fully saturated rings. The van der Waals surface area contributed by atoms with Gasteiger partial charge in [0.15, 0.2) is 5.69 Å². The third-order valence-electron chi connectivity index (χ3n) is 4.99. The molecule has 2 saturated heterocycles. The molecule has 0 bridgehead atoms. The maximum absolute atomic E-state index is 12.5. The van der Waals surface area contributed by atoms with E-state index < -0.39 is 0 Å². The van der Waals surface area contributed by atoms with Crippen molar-refractivity contribution in [3.05, 3.63) is 17.5 Å². The first-order valence-corrected chi connectivity index (χ1v) is 8.79. The van der Waals surface area contributed by atoms with E-state index in [0.29, 0.717) is 37.1 Å². The zero-order chi connectivity index (χ0) is 17.1. The lowest BCUT2D eigenvalue weighted by atomic mass is 10.0. The standard InChI is InChI=1S/C17H26N4O3/c1-13-5-3-4-6-21(13)16(22)12-19-7-9-20(10-8-19)17(23)15-11-14(2)24-18-15/h11,13H,3-10,12H2,1-2H3. The number of aryl methyl sites for hydroxylation is 1.